The molecule has 1 N–H and O–H groups in total. The third-order valence-corrected chi connectivity index (χ3v) is 5.39. The van der Waals surface area contributed by atoms with Gasteiger partial charge in [-0.1, -0.05) is 18.2 Å². The highest BCUT2D eigenvalue weighted by molar-refractivity contribution is 5.36. The first-order valence-corrected chi connectivity index (χ1v) is 9.92. The van der Waals surface area contributed by atoms with E-state index in [0.717, 1.165) is 44.6 Å². The van der Waals surface area contributed by atoms with Gasteiger partial charge < -0.3 is 10.0 Å². The Morgan fingerprint density at radius 3 is 2.59 bits per heavy atom. The molecule has 1 aliphatic rings. The first kappa shape index (κ1) is 19.8. The monoisotopic (exact) mass is 370 g/mol. The van der Waals surface area contributed by atoms with Crippen molar-refractivity contribution >= 4 is 0 Å². The molecule has 0 saturated carbocycles. The number of hydrogen-bond acceptors (Lipinski definition) is 3. The van der Waals surface area contributed by atoms with Gasteiger partial charge in [0.15, 0.2) is 0 Å². The van der Waals surface area contributed by atoms with E-state index in [1.807, 2.05) is 38.4 Å². The molecular weight excluding hydrogens is 339 g/mol. The number of phenols is 1. The van der Waals surface area contributed by atoms with Crippen molar-refractivity contribution in [1.82, 2.24) is 9.80 Å². The van der Waals surface area contributed by atoms with Crippen molar-refractivity contribution in [3.8, 4) is 5.75 Å². The molecule has 1 saturated heterocycles. The highest BCUT2D eigenvalue weighted by Crippen LogP contribution is 2.25. The molecular formula is C23H31FN2O. The summed E-state index contributed by atoms with van der Waals surface area (Å²) >= 11 is 0. The van der Waals surface area contributed by atoms with Gasteiger partial charge in [0.2, 0.25) is 0 Å². The van der Waals surface area contributed by atoms with Gasteiger partial charge in [-0.2, -0.15) is 0 Å². The molecule has 1 heterocycles. The molecule has 4 heteroatoms. The summed E-state index contributed by atoms with van der Waals surface area (Å²) in [5.74, 6) is 0.913. The minimum Gasteiger partial charge on any atom is -0.508 e. The van der Waals surface area contributed by atoms with Crippen molar-refractivity contribution in [2.75, 3.05) is 27.2 Å². The van der Waals surface area contributed by atoms with Gasteiger partial charge in [0.1, 0.15) is 11.6 Å². The average Bonchev–Trinajstić information content (AvgIpc) is 2.64. The Kier molecular flexibility index (Phi) is 6.86. The van der Waals surface area contributed by atoms with Crippen LogP contribution in [0.2, 0.25) is 0 Å². The van der Waals surface area contributed by atoms with Crippen LogP contribution in [0.15, 0.2) is 42.5 Å². The summed E-state index contributed by atoms with van der Waals surface area (Å²) in [4.78, 5) is 4.61. The van der Waals surface area contributed by atoms with E-state index in [4.69, 9.17) is 0 Å². The Balaban J connectivity index is 1.54. The lowest BCUT2D eigenvalue weighted by atomic mass is 9.91. The van der Waals surface area contributed by atoms with E-state index in [0.29, 0.717) is 11.7 Å². The minimum absolute atomic E-state index is 0.162. The van der Waals surface area contributed by atoms with Crippen LogP contribution in [0, 0.1) is 11.7 Å². The van der Waals surface area contributed by atoms with Crippen molar-refractivity contribution in [1.29, 1.82) is 0 Å². The average molecular weight is 371 g/mol. The quantitative estimate of drug-likeness (QED) is 0.781. The lowest BCUT2D eigenvalue weighted by Gasteiger charge is -2.33. The number of rotatable bonds is 7. The molecule has 0 bridgehead atoms. The zero-order valence-corrected chi connectivity index (χ0v) is 16.5. The first-order chi connectivity index (χ1) is 13.0. The van der Waals surface area contributed by atoms with Crippen molar-refractivity contribution in [3.05, 3.63) is 65.0 Å². The third kappa shape index (κ3) is 6.05. The van der Waals surface area contributed by atoms with Crippen LogP contribution in [-0.4, -0.2) is 42.1 Å². The van der Waals surface area contributed by atoms with Crippen LogP contribution < -0.4 is 0 Å². The summed E-state index contributed by atoms with van der Waals surface area (Å²) in [7, 11) is 4.03. The molecule has 0 amide bonds. The fourth-order valence-electron chi connectivity index (χ4n) is 4.02. The maximum atomic E-state index is 13.0. The van der Waals surface area contributed by atoms with Gasteiger partial charge in [0.05, 0.1) is 0 Å². The number of piperidine rings is 1. The smallest absolute Gasteiger partial charge is 0.123 e. The number of phenolic OH excluding ortho intramolecular Hbond substituents is 1. The second kappa shape index (κ2) is 9.34. The van der Waals surface area contributed by atoms with Gasteiger partial charge in [-0.05, 0) is 87.6 Å². The van der Waals surface area contributed by atoms with Crippen molar-refractivity contribution in [2.45, 2.75) is 38.8 Å². The first-order valence-electron chi connectivity index (χ1n) is 9.92. The van der Waals surface area contributed by atoms with Crippen LogP contribution in [0.1, 0.15) is 36.0 Å². The summed E-state index contributed by atoms with van der Waals surface area (Å²) in [6.45, 7) is 3.94. The highest BCUT2D eigenvalue weighted by Gasteiger charge is 2.20. The molecule has 0 spiro atoms. The Bertz CT molecular complexity index is 730. The van der Waals surface area contributed by atoms with E-state index in [9.17, 15) is 9.50 Å². The van der Waals surface area contributed by atoms with Crippen LogP contribution in [0.5, 0.6) is 5.75 Å². The number of nitrogens with zero attached hydrogens (tertiary/aromatic N) is 2. The number of aromatic hydroxyl groups is 1. The molecule has 2 aromatic carbocycles. The largest absolute Gasteiger partial charge is 0.508 e. The van der Waals surface area contributed by atoms with Gasteiger partial charge in [0.25, 0.3) is 0 Å². The molecule has 1 aliphatic heterocycles. The summed E-state index contributed by atoms with van der Waals surface area (Å²) in [5.41, 5.74) is 3.48. The van der Waals surface area contributed by atoms with Gasteiger partial charge in [0, 0.05) is 25.2 Å². The third-order valence-electron chi connectivity index (χ3n) is 5.39. The Hall–Kier alpha value is -1.91. The maximum Gasteiger partial charge on any atom is 0.123 e. The molecule has 0 radical (unpaired) electrons. The fourth-order valence-corrected chi connectivity index (χ4v) is 4.02. The molecule has 27 heavy (non-hydrogen) atoms. The summed E-state index contributed by atoms with van der Waals surface area (Å²) in [5, 5.41) is 10.1. The Labute approximate surface area is 162 Å². The van der Waals surface area contributed by atoms with E-state index in [-0.39, 0.29) is 5.82 Å². The van der Waals surface area contributed by atoms with E-state index in [1.165, 1.54) is 24.0 Å². The van der Waals surface area contributed by atoms with E-state index in [1.54, 1.807) is 12.1 Å². The van der Waals surface area contributed by atoms with Gasteiger partial charge in [-0.15, -0.1) is 0 Å². The topological polar surface area (TPSA) is 26.7 Å². The second-order valence-corrected chi connectivity index (χ2v) is 8.11. The lowest BCUT2D eigenvalue weighted by molar-refractivity contribution is 0.162. The number of aryl methyl sites for hydroxylation is 1. The number of likely N-dealkylation sites (tertiary alicyclic amines) is 1. The van der Waals surface area contributed by atoms with Crippen LogP contribution in [0.3, 0.4) is 0 Å². The number of halogens is 1. The molecule has 0 unspecified atom stereocenters. The van der Waals surface area contributed by atoms with Gasteiger partial charge in [-0.3, -0.25) is 4.90 Å². The summed E-state index contributed by atoms with van der Waals surface area (Å²) < 4.78 is 13.0. The molecule has 3 nitrogen and oxygen atoms in total. The van der Waals surface area contributed by atoms with Crippen LogP contribution >= 0.6 is 0 Å². The molecule has 2 aromatic rings. The van der Waals surface area contributed by atoms with Gasteiger partial charge >= 0.3 is 0 Å². The van der Waals surface area contributed by atoms with Crippen molar-refractivity contribution < 1.29 is 9.50 Å². The summed E-state index contributed by atoms with van der Waals surface area (Å²) in [6, 6.07) is 12.9. The molecule has 3 rings (SSSR count). The number of benzene rings is 2. The Morgan fingerprint density at radius 1 is 1.11 bits per heavy atom. The van der Waals surface area contributed by atoms with Crippen molar-refractivity contribution in [2.24, 2.45) is 5.92 Å². The second-order valence-electron chi connectivity index (χ2n) is 8.11. The fraction of sp³-hybridized carbons (Fsp3) is 0.478. The molecule has 0 aromatic heterocycles. The van der Waals surface area contributed by atoms with E-state index in [2.05, 4.69) is 15.9 Å². The van der Waals surface area contributed by atoms with Crippen LogP contribution in [-0.2, 0) is 19.5 Å². The van der Waals surface area contributed by atoms with Gasteiger partial charge in [-0.25, -0.2) is 4.39 Å². The molecule has 146 valence electrons. The molecule has 0 aliphatic carbocycles. The Morgan fingerprint density at radius 2 is 1.85 bits per heavy atom. The highest BCUT2D eigenvalue weighted by atomic mass is 19.1. The summed E-state index contributed by atoms with van der Waals surface area (Å²) in [6.07, 6.45) is 4.68. The predicted molar refractivity (Wildman–Crippen MR) is 108 cm³/mol. The zero-order valence-electron chi connectivity index (χ0n) is 16.5. The number of hydrogen-bond donors (Lipinski definition) is 1. The lowest BCUT2D eigenvalue weighted by Crippen LogP contribution is -2.35. The molecule has 1 atom stereocenters. The maximum absolute atomic E-state index is 13.0. The SMILES string of the molecule is CN(C)Cc1cc(CN2CCC[C@H](CCc3ccc(F)cc3)C2)ccc1O. The predicted octanol–water partition coefficient (Wildman–Crippen LogP) is 4.44. The minimum atomic E-state index is -0.162. The molecule has 1 fully saturated rings. The zero-order chi connectivity index (χ0) is 19.2. The van der Waals surface area contributed by atoms with Crippen LogP contribution in [0.25, 0.3) is 0 Å². The van der Waals surface area contributed by atoms with E-state index >= 15 is 0 Å². The standard InChI is InChI=1S/C23H31FN2O/c1-25(2)17-21-14-20(9-12-23(21)27)16-26-13-3-4-19(15-26)6-5-18-7-10-22(24)11-8-18/h7-12,14,19,27H,3-6,13,15-17H2,1-2H3/t19-/m1/s1. The van der Waals surface area contributed by atoms with Crippen molar-refractivity contribution in [3.63, 3.8) is 0 Å². The van der Waals surface area contributed by atoms with E-state index < -0.39 is 0 Å². The normalized spacial score (nSPS) is 18.1. The van der Waals surface area contributed by atoms with Crippen LogP contribution in [0.4, 0.5) is 4.39 Å².